The van der Waals surface area contributed by atoms with Gasteiger partial charge in [-0.25, -0.2) is 0 Å². The summed E-state index contributed by atoms with van der Waals surface area (Å²) >= 11 is 0. The van der Waals surface area contributed by atoms with Crippen LogP contribution in [0.1, 0.15) is 10.4 Å². The van der Waals surface area contributed by atoms with Gasteiger partial charge in [0.25, 0.3) is 0 Å². The van der Waals surface area contributed by atoms with Crippen LogP contribution >= 0.6 is 0 Å². The molecule has 100 valence electrons. The van der Waals surface area contributed by atoms with E-state index < -0.39 is 6.10 Å². The van der Waals surface area contributed by atoms with E-state index in [9.17, 15) is 9.90 Å². The summed E-state index contributed by atoms with van der Waals surface area (Å²) in [6.07, 6.45) is -0.604. The van der Waals surface area contributed by atoms with E-state index in [1.54, 1.807) is 24.1 Å². The molecule has 5 nitrogen and oxygen atoms in total. The monoisotopic (exact) mass is 253 g/mol. The topological polar surface area (TPSA) is 70.0 Å². The van der Waals surface area contributed by atoms with E-state index in [2.05, 4.69) is 0 Å². The SMILES string of the molecule is COCC(O)CN(C)CC(=O)c1ccc(O)cc1. The molecule has 0 saturated carbocycles. The maximum Gasteiger partial charge on any atom is 0.176 e. The van der Waals surface area contributed by atoms with Gasteiger partial charge in [-0.3, -0.25) is 9.69 Å². The predicted octanol–water partition coefficient (Wildman–Crippen LogP) is 0.514. The molecule has 5 heteroatoms. The highest BCUT2D eigenvalue weighted by atomic mass is 16.5. The number of phenols is 1. The third kappa shape index (κ3) is 4.83. The van der Waals surface area contributed by atoms with Gasteiger partial charge in [-0.15, -0.1) is 0 Å². The number of likely N-dealkylation sites (N-methyl/N-ethyl adjacent to an activating group) is 1. The highest BCUT2D eigenvalue weighted by molar-refractivity contribution is 5.97. The number of aromatic hydroxyl groups is 1. The summed E-state index contributed by atoms with van der Waals surface area (Å²) in [7, 11) is 3.28. The zero-order valence-electron chi connectivity index (χ0n) is 10.7. The summed E-state index contributed by atoms with van der Waals surface area (Å²) in [4.78, 5) is 13.6. The van der Waals surface area contributed by atoms with E-state index in [-0.39, 0.29) is 24.7 Å². The van der Waals surface area contributed by atoms with Gasteiger partial charge in [0, 0.05) is 19.2 Å². The standard InChI is InChI=1S/C13H19NO4/c1-14(7-12(16)9-18-2)8-13(17)10-3-5-11(15)6-4-10/h3-6,12,15-16H,7-9H2,1-2H3. The van der Waals surface area contributed by atoms with Crippen LogP contribution in [0, 0.1) is 0 Å². The van der Waals surface area contributed by atoms with Gasteiger partial charge in [0.2, 0.25) is 0 Å². The van der Waals surface area contributed by atoms with Crippen molar-refractivity contribution in [2.45, 2.75) is 6.10 Å². The van der Waals surface area contributed by atoms with E-state index in [4.69, 9.17) is 9.84 Å². The molecule has 0 spiro atoms. The van der Waals surface area contributed by atoms with Crippen molar-refractivity contribution in [1.29, 1.82) is 0 Å². The fraction of sp³-hybridized carbons (Fsp3) is 0.462. The summed E-state index contributed by atoms with van der Waals surface area (Å²) in [5.74, 6) is 0.0811. The zero-order chi connectivity index (χ0) is 13.5. The maximum atomic E-state index is 11.9. The maximum absolute atomic E-state index is 11.9. The molecule has 0 bridgehead atoms. The molecule has 1 unspecified atom stereocenters. The molecule has 0 saturated heterocycles. The lowest BCUT2D eigenvalue weighted by Crippen LogP contribution is -2.35. The molecule has 0 aromatic heterocycles. The lowest BCUT2D eigenvalue weighted by Gasteiger charge is -2.19. The predicted molar refractivity (Wildman–Crippen MR) is 67.8 cm³/mol. The average molecular weight is 253 g/mol. The number of carbonyl (C=O) groups is 1. The summed E-state index contributed by atoms with van der Waals surface area (Å²) in [6.45, 7) is 0.834. The van der Waals surface area contributed by atoms with Crippen molar-refractivity contribution in [2.75, 3.05) is 33.9 Å². The number of ketones is 1. The van der Waals surface area contributed by atoms with Gasteiger partial charge in [0.05, 0.1) is 19.3 Å². The average Bonchev–Trinajstić information content (AvgIpc) is 2.29. The first-order valence-corrected chi connectivity index (χ1v) is 5.70. The Morgan fingerprint density at radius 1 is 1.39 bits per heavy atom. The number of hydrogen-bond acceptors (Lipinski definition) is 5. The number of aliphatic hydroxyl groups excluding tert-OH is 1. The van der Waals surface area contributed by atoms with Crippen LogP contribution in [0.4, 0.5) is 0 Å². The molecule has 18 heavy (non-hydrogen) atoms. The second-order valence-corrected chi connectivity index (χ2v) is 4.28. The van der Waals surface area contributed by atoms with Crippen molar-refractivity contribution in [3.63, 3.8) is 0 Å². The van der Waals surface area contributed by atoms with Gasteiger partial charge in [0.1, 0.15) is 5.75 Å². The Kier molecular flexibility index (Phi) is 5.77. The molecule has 0 fully saturated rings. The van der Waals surface area contributed by atoms with Crippen LogP contribution in [0.5, 0.6) is 5.75 Å². The minimum atomic E-state index is -0.604. The van der Waals surface area contributed by atoms with Gasteiger partial charge < -0.3 is 14.9 Å². The van der Waals surface area contributed by atoms with E-state index >= 15 is 0 Å². The number of ether oxygens (including phenoxy) is 1. The van der Waals surface area contributed by atoms with Crippen molar-refractivity contribution < 1.29 is 19.7 Å². The second-order valence-electron chi connectivity index (χ2n) is 4.28. The normalized spacial score (nSPS) is 12.7. The number of phenolic OH excluding ortho intramolecular Hbond substituents is 1. The molecule has 0 aliphatic heterocycles. The molecule has 0 aliphatic rings. The van der Waals surface area contributed by atoms with Gasteiger partial charge >= 0.3 is 0 Å². The van der Waals surface area contributed by atoms with Crippen LogP contribution in [0.3, 0.4) is 0 Å². The van der Waals surface area contributed by atoms with Crippen molar-refractivity contribution in [3.8, 4) is 5.75 Å². The molecule has 1 aromatic carbocycles. The van der Waals surface area contributed by atoms with Gasteiger partial charge in [-0.05, 0) is 31.3 Å². The molecule has 1 rings (SSSR count). The largest absolute Gasteiger partial charge is 0.508 e. The lowest BCUT2D eigenvalue weighted by atomic mass is 10.1. The molecule has 0 radical (unpaired) electrons. The number of methoxy groups -OCH3 is 1. The van der Waals surface area contributed by atoms with Crippen LogP contribution in [0.25, 0.3) is 0 Å². The first kappa shape index (κ1) is 14.6. The van der Waals surface area contributed by atoms with Crippen LogP contribution < -0.4 is 0 Å². The summed E-state index contributed by atoms with van der Waals surface area (Å²) in [5, 5.41) is 18.7. The number of Topliss-reactive ketones (excluding diaryl/α,β-unsaturated/α-hetero) is 1. The molecular weight excluding hydrogens is 234 g/mol. The van der Waals surface area contributed by atoms with Crippen LogP contribution in [0.15, 0.2) is 24.3 Å². The molecule has 2 N–H and O–H groups in total. The van der Waals surface area contributed by atoms with Crippen LogP contribution in [-0.2, 0) is 4.74 Å². The summed E-state index contributed by atoms with van der Waals surface area (Å²) < 4.78 is 4.82. The Morgan fingerprint density at radius 3 is 2.56 bits per heavy atom. The molecule has 0 aliphatic carbocycles. The smallest absolute Gasteiger partial charge is 0.176 e. The van der Waals surface area contributed by atoms with Crippen molar-refractivity contribution >= 4 is 5.78 Å². The molecule has 0 amide bonds. The Hall–Kier alpha value is -1.43. The Morgan fingerprint density at radius 2 is 2.00 bits per heavy atom. The van der Waals surface area contributed by atoms with Gasteiger partial charge in [-0.1, -0.05) is 0 Å². The molecular formula is C13H19NO4. The number of nitrogens with zero attached hydrogens (tertiary/aromatic N) is 1. The number of aliphatic hydroxyl groups is 1. The summed E-state index contributed by atoms with van der Waals surface area (Å²) in [5.41, 5.74) is 0.542. The first-order valence-electron chi connectivity index (χ1n) is 5.70. The number of hydrogen-bond donors (Lipinski definition) is 2. The number of benzene rings is 1. The van der Waals surface area contributed by atoms with Crippen molar-refractivity contribution in [2.24, 2.45) is 0 Å². The van der Waals surface area contributed by atoms with E-state index in [1.807, 2.05) is 0 Å². The van der Waals surface area contributed by atoms with Gasteiger partial charge in [0.15, 0.2) is 5.78 Å². The van der Waals surface area contributed by atoms with Crippen molar-refractivity contribution in [3.05, 3.63) is 29.8 Å². The zero-order valence-corrected chi connectivity index (χ0v) is 10.7. The van der Waals surface area contributed by atoms with E-state index in [0.717, 1.165) is 0 Å². The van der Waals surface area contributed by atoms with E-state index in [0.29, 0.717) is 12.1 Å². The van der Waals surface area contributed by atoms with Crippen LogP contribution in [0.2, 0.25) is 0 Å². The third-order valence-electron chi connectivity index (χ3n) is 2.48. The van der Waals surface area contributed by atoms with Gasteiger partial charge in [-0.2, -0.15) is 0 Å². The quantitative estimate of drug-likeness (QED) is 0.693. The highest BCUT2D eigenvalue weighted by Gasteiger charge is 2.12. The van der Waals surface area contributed by atoms with Crippen molar-refractivity contribution in [1.82, 2.24) is 4.90 Å². The van der Waals surface area contributed by atoms with E-state index in [1.165, 1.54) is 19.2 Å². The fourth-order valence-corrected chi connectivity index (χ4v) is 1.65. The Labute approximate surface area is 107 Å². The lowest BCUT2D eigenvalue weighted by molar-refractivity contribution is 0.0427. The number of carbonyl (C=O) groups excluding carboxylic acids is 1. The van der Waals surface area contributed by atoms with Crippen LogP contribution in [-0.4, -0.2) is 60.9 Å². The third-order valence-corrected chi connectivity index (χ3v) is 2.48. The molecule has 0 heterocycles. The summed E-state index contributed by atoms with van der Waals surface area (Å²) in [6, 6.07) is 6.12. The second kappa shape index (κ2) is 7.10. The Balaban J connectivity index is 2.46. The minimum Gasteiger partial charge on any atom is -0.508 e. The number of rotatable bonds is 7. The minimum absolute atomic E-state index is 0.0536. The molecule has 1 atom stereocenters. The fourth-order valence-electron chi connectivity index (χ4n) is 1.65. The Bertz CT molecular complexity index is 377. The highest BCUT2D eigenvalue weighted by Crippen LogP contribution is 2.10. The molecule has 1 aromatic rings. The first-order chi connectivity index (χ1) is 8.52.